The third-order valence-corrected chi connectivity index (χ3v) is 8.46. The first-order chi connectivity index (χ1) is 21.7. The van der Waals surface area contributed by atoms with Crippen molar-refractivity contribution in [2.24, 2.45) is 5.73 Å². The van der Waals surface area contributed by atoms with Crippen LogP contribution in [0.1, 0.15) is 63.2 Å². The minimum Gasteiger partial charge on any atom is -0.493 e. The zero-order valence-corrected chi connectivity index (χ0v) is 25.7. The van der Waals surface area contributed by atoms with Crippen LogP contribution in [0, 0.1) is 5.82 Å². The lowest BCUT2D eigenvalue weighted by Gasteiger charge is -2.28. The third-order valence-electron chi connectivity index (χ3n) is 8.46. The first kappa shape index (κ1) is 31.8. The van der Waals surface area contributed by atoms with Gasteiger partial charge in [0, 0.05) is 55.0 Å². The first-order valence-electron chi connectivity index (χ1n) is 15.3. The van der Waals surface area contributed by atoms with E-state index in [0.717, 1.165) is 25.7 Å². The molecule has 1 aliphatic carbocycles. The molecule has 1 heterocycles. The highest BCUT2D eigenvalue weighted by molar-refractivity contribution is 6.07. The van der Waals surface area contributed by atoms with Crippen LogP contribution in [0.5, 0.6) is 11.5 Å². The summed E-state index contributed by atoms with van der Waals surface area (Å²) in [4.78, 5) is 43.8. The second-order valence-electron chi connectivity index (χ2n) is 11.5. The number of nitrogens with two attached hydrogens (primary N) is 1. The highest BCUT2D eigenvalue weighted by Crippen LogP contribution is 2.31. The molecule has 3 aromatic rings. The van der Waals surface area contributed by atoms with Gasteiger partial charge < -0.3 is 35.6 Å². The van der Waals surface area contributed by atoms with Crippen molar-refractivity contribution in [2.45, 2.75) is 44.2 Å². The normalized spacial score (nSPS) is 18.5. The number of methoxy groups -OCH3 is 2. The number of nitrogens with one attached hydrogen (secondary N) is 2. The molecule has 2 aliphatic rings. The van der Waals surface area contributed by atoms with Gasteiger partial charge in [0.2, 0.25) is 0 Å². The van der Waals surface area contributed by atoms with Gasteiger partial charge in [0.05, 0.1) is 25.6 Å². The molecule has 3 amide bonds. The van der Waals surface area contributed by atoms with Crippen molar-refractivity contribution in [3.05, 3.63) is 83.2 Å². The highest BCUT2D eigenvalue weighted by Gasteiger charge is 2.25. The van der Waals surface area contributed by atoms with Crippen molar-refractivity contribution in [2.75, 3.05) is 50.6 Å². The Balaban J connectivity index is 1.36. The van der Waals surface area contributed by atoms with E-state index in [-0.39, 0.29) is 29.5 Å². The zero-order chi connectivity index (χ0) is 31.9. The van der Waals surface area contributed by atoms with Crippen molar-refractivity contribution < 1.29 is 28.2 Å². The van der Waals surface area contributed by atoms with Gasteiger partial charge in [-0.2, -0.15) is 0 Å². The molecule has 1 saturated carbocycles. The van der Waals surface area contributed by atoms with Gasteiger partial charge in [-0.15, -0.1) is 0 Å². The summed E-state index contributed by atoms with van der Waals surface area (Å²) in [6, 6.07) is 16.0. The number of nitrogens with zero attached hydrogens (tertiary/aromatic N) is 2. The van der Waals surface area contributed by atoms with Gasteiger partial charge in [0.15, 0.2) is 11.5 Å². The molecule has 1 aliphatic heterocycles. The first-order valence-corrected chi connectivity index (χ1v) is 15.3. The van der Waals surface area contributed by atoms with E-state index in [0.29, 0.717) is 66.6 Å². The van der Waals surface area contributed by atoms with E-state index in [2.05, 4.69) is 15.5 Å². The largest absolute Gasteiger partial charge is 0.493 e. The van der Waals surface area contributed by atoms with Crippen LogP contribution in [-0.4, -0.2) is 75.1 Å². The van der Waals surface area contributed by atoms with Crippen LogP contribution in [0.2, 0.25) is 0 Å². The molecule has 238 valence electrons. The minimum atomic E-state index is -0.519. The molecule has 11 heteroatoms. The summed E-state index contributed by atoms with van der Waals surface area (Å²) >= 11 is 0. The Morgan fingerprint density at radius 2 is 1.53 bits per heavy atom. The van der Waals surface area contributed by atoms with E-state index >= 15 is 0 Å². The van der Waals surface area contributed by atoms with Crippen molar-refractivity contribution in [3.63, 3.8) is 0 Å². The number of hydrogen-bond donors (Lipinski definition) is 3. The topological polar surface area (TPSA) is 126 Å². The number of ether oxygens (including phenoxy) is 2. The zero-order valence-electron chi connectivity index (χ0n) is 25.7. The summed E-state index contributed by atoms with van der Waals surface area (Å²) in [7, 11) is 3.07. The minimum absolute atomic E-state index is 0.0436. The summed E-state index contributed by atoms with van der Waals surface area (Å²) in [5.41, 5.74) is 8.24. The molecule has 4 N–H and O–H groups in total. The highest BCUT2D eigenvalue weighted by atomic mass is 19.1. The molecule has 0 spiro atoms. The third kappa shape index (κ3) is 7.72. The average molecular weight is 618 g/mol. The molecule has 45 heavy (non-hydrogen) atoms. The van der Waals surface area contributed by atoms with Gasteiger partial charge in [-0.25, -0.2) is 4.39 Å². The molecule has 0 bridgehead atoms. The van der Waals surface area contributed by atoms with Crippen LogP contribution in [0.4, 0.5) is 15.8 Å². The lowest BCUT2D eigenvalue weighted by Crippen LogP contribution is -2.40. The summed E-state index contributed by atoms with van der Waals surface area (Å²) in [5, 5.41) is 6.01. The number of benzene rings is 3. The molecule has 10 nitrogen and oxygen atoms in total. The van der Waals surface area contributed by atoms with Gasteiger partial charge in [-0.1, -0.05) is 6.07 Å². The standard InChI is InChI=1S/C34H40FN5O5/c1-44-30-14-8-24(21-31(30)45-2)34(43)40-16-4-15-39(17-18-40)29-13-7-23(32(41)37-27-11-9-26(36)10-12-27)20-28(29)38-33(42)22-5-3-6-25(35)19-22/h3,5-8,13-14,19-21,26-27H,4,9-12,15-18,36H2,1-2H3,(H,37,41)(H,38,42). The molecule has 0 aromatic heterocycles. The van der Waals surface area contributed by atoms with E-state index in [1.54, 1.807) is 42.3 Å². The number of rotatable bonds is 8. The lowest BCUT2D eigenvalue weighted by atomic mass is 9.91. The maximum atomic E-state index is 13.9. The van der Waals surface area contributed by atoms with E-state index in [1.165, 1.54) is 31.4 Å². The fourth-order valence-corrected chi connectivity index (χ4v) is 5.92. The van der Waals surface area contributed by atoms with Gasteiger partial charge in [-0.05, 0) is 86.7 Å². The average Bonchev–Trinajstić information content (AvgIpc) is 3.31. The van der Waals surface area contributed by atoms with Crippen LogP contribution < -0.4 is 30.7 Å². The maximum absolute atomic E-state index is 13.9. The number of carbonyl (C=O) groups is 3. The summed E-state index contributed by atoms with van der Waals surface area (Å²) in [6.45, 7) is 2.10. The van der Waals surface area contributed by atoms with Crippen LogP contribution >= 0.6 is 0 Å². The number of carbonyl (C=O) groups excluding carboxylic acids is 3. The van der Waals surface area contributed by atoms with Gasteiger partial charge in [0.1, 0.15) is 5.82 Å². The van der Waals surface area contributed by atoms with E-state index in [1.807, 2.05) is 6.07 Å². The van der Waals surface area contributed by atoms with Crippen molar-refractivity contribution in [1.29, 1.82) is 0 Å². The van der Waals surface area contributed by atoms with E-state index < -0.39 is 11.7 Å². The molecular formula is C34H40FN5O5. The van der Waals surface area contributed by atoms with Crippen molar-refractivity contribution >= 4 is 29.1 Å². The fourth-order valence-electron chi connectivity index (χ4n) is 5.92. The van der Waals surface area contributed by atoms with E-state index in [9.17, 15) is 18.8 Å². The molecule has 5 rings (SSSR count). The Hall–Kier alpha value is -4.64. The van der Waals surface area contributed by atoms with Gasteiger partial charge in [-0.3, -0.25) is 14.4 Å². The molecule has 0 radical (unpaired) electrons. The maximum Gasteiger partial charge on any atom is 0.255 e. The fraction of sp³-hybridized carbons (Fsp3) is 0.382. The predicted octanol–water partition coefficient (Wildman–Crippen LogP) is 4.45. The quantitative estimate of drug-likeness (QED) is 0.341. The SMILES string of the molecule is COc1ccc(C(=O)N2CCCN(c3ccc(C(=O)NC4CCC(N)CC4)cc3NC(=O)c3cccc(F)c3)CC2)cc1OC. The molecular weight excluding hydrogens is 577 g/mol. The van der Waals surface area contributed by atoms with Crippen molar-refractivity contribution in [1.82, 2.24) is 10.2 Å². The monoisotopic (exact) mass is 617 g/mol. The Bertz CT molecular complexity index is 1540. The Kier molecular flexibility index (Phi) is 10.2. The van der Waals surface area contributed by atoms with Crippen LogP contribution in [0.25, 0.3) is 0 Å². The van der Waals surface area contributed by atoms with E-state index in [4.69, 9.17) is 15.2 Å². The Labute approximate surface area is 262 Å². The van der Waals surface area contributed by atoms with Gasteiger partial charge >= 0.3 is 0 Å². The second kappa shape index (κ2) is 14.4. The number of hydrogen-bond acceptors (Lipinski definition) is 7. The van der Waals surface area contributed by atoms with Gasteiger partial charge in [0.25, 0.3) is 17.7 Å². The molecule has 0 unspecified atom stereocenters. The second-order valence-corrected chi connectivity index (χ2v) is 11.5. The Morgan fingerprint density at radius 1 is 0.800 bits per heavy atom. The Morgan fingerprint density at radius 3 is 2.27 bits per heavy atom. The molecule has 1 saturated heterocycles. The smallest absolute Gasteiger partial charge is 0.255 e. The number of amides is 3. The predicted molar refractivity (Wildman–Crippen MR) is 171 cm³/mol. The number of halogens is 1. The van der Waals surface area contributed by atoms with Crippen molar-refractivity contribution in [3.8, 4) is 11.5 Å². The van der Waals surface area contributed by atoms with Crippen LogP contribution in [0.15, 0.2) is 60.7 Å². The van der Waals surface area contributed by atoms with Crippen LogP contribution in [-0.2, 0) is 0 Å². The summed E-state index contributed by atoms with van der Waals surface area (Å²) in [5.74, 6) is -0.331. The summed E-state index contributed by atoms with van der Waals surface area (Å²) < 4.78 is 24.6. The van der Waals surface area contributed by atoms with Crippen LogP contribution in [0.3, 0.4) is 0 Å². The molecule has 2 fully saturated rings. The summed E-state index contributed by atoms with van der Waals surface area (Å²) in [6.07, 6.45) is 4.04. The molecule has 0 atom stereocenters. The molecule has 3 aromatic carbocycles. The number of anilines is 2. The lowest BCUT2D eigenvalue weighted by molar-refractivity contribution is 0.0766.